The molecule has 2 aliphatic rings. The van der Waals surface area contributed by atoms with Gasteiger partial charge in [0.15, 0.2) is 0 Å². The highest BCUT2D eigenvalue weighted by Gasteiger charge is 2.44. The maximum absolute atomic E-state index is 14.4. The van der Waals surface area contributed by atoms with Crippen molar-refractivity contribution in [3.05, 3.63) is 93.5 Å². The molecular formula is C32H36Cl2N4O3. The predicted octanol–water partition coefficient (Wildman–Crippen LogP) is 7.14. The smallest absolute Gasteiger partial charge is 0.326 e. The Morgan fingerprint density at radius 2 is 1.44 bits per heavy atom. The fourth-order valence-electron chi connectivity index (χ4n) is 5.25. The summed E-state index contributed by atoms with van der Waals surface area (Å²) in [4.78, 5) is 23.4. The van der Waals surface area contributed by atoms with Crippen molar-refractivity contribution in [3.8, 4) is 11.5 Å². The highest BCUT2D eigenvalue weighted by molar-refractivity contribution is 6.30. The molecule has 2 heterocycles. The number of nitrogens with one attached hydrogen (secondary N) is 1. The van der Waals surface area contributed by atoms with Gasteiger partial charge in [0, 0.05) is 42.3 Å². The third-order valence-electron chi connectivity index (χ3n) is 7.01. The lowest BCUT2D eigenvalue weighted by Gasteiger charge is -2.36. The van der Waals surface area contributed by atoms with E-state index in [9.17, 15) is 4.79 Å². The van der Waals surface area contributed by atoms with Gasteiger partial charge in [0.25, 0.3) is 0 Å². The summed E-state index contributed by atoms with van der Waals surface area (Å²) in [6, 6.07) is 20.2. The van der Waals surface area contributed by atoms with Crippen molar-refractivity contribution in [2.45, 2.75) is 52.0 Å². The number of ether oxygens (including phenoxy) is 2. The SMILES string of the molecule is CC(C)Oc1ccc(C2=NC(c3ccc(Cl)cc3)C(c3ccc(Cl)cc3)N2C(=O)N2CCNCC2)c(OC(C)C)c1. The monoisotopic (exact) mass is 594 g/mol. The van der Waals surface area contributed by atoms with Crippen LogP contribution in [-0.4, -0.2) is 60.1 Å². The zero-order chi connectivity index (χ0) is 29.1. The molecule has 0 spiro atoms. The number of rotatable bonds is 7. The van der Waals surface area contributed by atoms with E-state index in [1.165, 1.54) is 0 Å². The average molecular weight is 596 g/mol. The Balaban J connectivity index is 1.69. The number of amides is 2. The number of piperazine rings is 1. The topological polar surface area (TPSA) is 66.4 Å². The van der Waals surface area contributed by atoms with Gasteiger partial charge >= 0.3 is 6.03 Å². The molecule has 2 amide bonds. The lowest BCUT2D eigenvalue weighted by atomic mass is 9.93. The summed E-state index contributed by atoms with van der Waals surface area (Å²) >= 11 is 12.5. The van der Waals surface area contributed by atoms with Crippen molar-refractivity contribution < 1.29 is 14.3 Å². The quantitative estimate of drug-likeness (QED) is 0.316. The van der Waals surface area contributed by atoms with Gasteiger partial charge in [0.1, 0.15) is 23.4 Å². The van der Waals surface area contributed by atoms with Gasteiger partial charge in [-0.25, -0.2) is 4.79 Å². The lowest BCUT2D eigenvalue weighted by Crippen LogP contribution is -2.53. The van der Waals surface area contributed by atoms with E-state index in [4.69, 9.17) is 37.7 Å². The molecule has 0 aromatic heterocycles. The molecule has 7 nitrogen and oxygen atoms in total. The van der Waals surface area contributed by atoms with E-state index in [-0.39, 0.29) is 24.3 Å². The Morgan fingerprint density at radius 3 is 2.02 bits per heavy atom. The number of hydrogen-bond donors (Lipinski definition) is 1. The molecule has 0 radical (unpaired) electrons. The van der Waals surface area contributed by atoms with Gasteiger partial charge in [0.2, 0.25) is 0 Å². The Hall–Kier alpha value is -3.26. The van der Waals surface area contributed by atoms with Crippen molar-refractivity contribution in [1.29, 1.82) is 0 Å². The van der Waals surface area contributed by atoms with Crippen LogP contribution in [0.4, 0.5) is 4.79 Å². The number of hydrogen-bond acceptors (Lipinski definition) is 5. The maximum Gasteiger partial charge on any atom is 0.326 e. The van der Waals surface area contributed by atoms with Crippen molar-refractivity contribution in [2.75, 3.05) is 26.2 Å². The standard InChI is InChI=1S/C32H36Cl2N4O3/c1-20(2)40-26-13-14-27(28(19-26)41-21(3)4)31-36-29(22-5-9-24(33)10-6-22)30(23-7-11-25(34)12-8-23)38(31)32(39)37-17-15-35-16-18-37/h5-14,19-21,29-30,35H,15-18H2,1-4H3. The molecule has 216 valence electrons. The molecule has 1 fully saturated rings. The van der Waals surface area contributed by atoms with Gasteiger partial charge < -0.3 is 19.7 Å². The fourth-order valence-corrected chi connectivity index (χ4v) is 5.50. The van der Waals surface area contributed by atoms with Crippen LogP contribution in [0, 0.1) is 0 Å². The predicted molar refractivity (Wildman–Crippen MR) is 165 cm³/mol. The van der Waals surface area contributed by atoms with E-state index in [0.717, 1.165) is 29.8 Å². The number of halogens is 2. The van der Waals surface area contributed by atoms with E-state index >= 15 is 0 Å². The molecule has 2 unspecified atom stereocenters. The van der Waals surface area contributed by atoms with Crippen LogP contribution in [-0.2, 0) is 0 Å². The first-order chi connectivity index (χ1) is 19.7. The molecule has 3 aromatic carbocycles. The molecule has 41 heavy (non-hydrogen) atoms. The Kier molecular flexibility index (Phi) is 9.07. The molecule has 3 aromatic rings. The summed E-state index contributed by atoms with van der Waals surface area (Å²) in [5.74, 6) is 1.86. The van der Waals surface area contributed by atoms with Crippen LogP contribution in [0.2, 0.25) is 10.0 Å². The van der Waals surface area contributed by atoms with E-state index in [2.05, 4.69) is 5.32 Å². The van der Waals surface area contributed by atoms with Gasteiger partial charge in [-0.1, -0.05) is 47.5 Å². The summed E-state index contributed by atoms with van der Waals surface area (Å²) in [7, 11) is 0. The number of benzene rings is 3. The Morgan fingerprint density at radius 1 is 0.854 bits per heavy atom. The summed E-state index contributed by atoms with van der Waals surface area (Å²) < 4.78 is 12.3. The van der Waals surface area contributed by atoms with Gasteiger partial charge in [-0.3, -0.25) is 9.89 Å². The summed E-state index contributed by atoms with van der Waals surface area (Å²) in [5, 5.41) is 4.61. The van der Waals surface area contributed by atoms with Crippen LogP contribution < -0.4 is 14.8 Å². The molecule has 2 atom stereocenters. The minimum Gasteiger partial charge on any atom is -0.491 e. The van der Waals surface area contributed by atoms with Crippen LogP contribution in [0.1, 0.15) is 56.5 Å². The highest BCUT2D eigenvalue weighted by atomic mass is 35.5. The fraction of sp³-hybridized carbons (Fsp3) is 0.375. The first kappa shape index (κ1) is 29.2. The average Bonchev–Trinajstić information content (AvgIpc) is 3.33. The summed E-state index contributed by atoms with van der Waals surface area (Å²) in [6.45, 7) is 10.6. The van der Waals surface area contributed by atoms with Crippen molar-refractivity contribution in [3.63, 3.8) is 0 Å². The van der Waals surface area contributed by atoms with Crippen LogP contribution in [0.3, 0.4) is 0 Å². The lowest BCUT2D eigenvalue weighted by molar-refractivity contribution is 0.157. The number of amidine groups is 1. The zero-order valence-corrected chi connectivity index (χ0v) is 25.3. The molecule has 0 aliphatic carbocycles. The van der Waals surface area contributed by atoms with Gasteiger partial charge in [-0.05, 0) is 75.2 Å². The summed E-state index contributed by atoms with van der Waals surface area (Å²) in [6.07, 6.45) is -0.0903. The minimum atomic E-state index is -0.413. The largest absolute Gasteiger partial charge is 0.491 e. The second-order valence-electron chi connectivity index (χ2n) is 10.8. The molecular weight excluding hydrogens is 559 g/mol. The second kappa shape index (κ2) is 12.7. The van der Waals surface area contributed by atoms with Crippen LogP contribution in [0.5, 0.6) is 11.5 Å². The van der Waals surface area contributed by atoms with E-state index in [1.807, 2.05) is 104 Å². The van der Waals surface area contributed by atoms with Gasteiger partial charge in [-0.2, -0.15) is 0 Å². The summed E-state index contributed by atoms with van der Waals surface area (Å²) in [5.41, 5.74) is 2.62. The molecule has 1 N–H and O–H groups in total. The van der Waals surface area contributed by atoms with E-state index < -0.39 is 6.04 Å². The molecule has 0 saturated carbocycles. The number of nitrogens with zero attached hydrogens (tertiary/aromatic N) is 3. The van der Waals surface area contributed by atoms with E-state index in [1.54, 1.807) is 0 Å². The maximum atomic E-state index is 14.4. The number of carbonyl (C=O) groups excluding carboxylic acids is 1. The van der Waals surface area contributed by atoms with Gasteiger partial charge in [-0.15, -0.1) is 0 Å². The number of carbonyl (C=O) groups is 1. The molecule has 9 heteroatoms. The zero-order valence-electron chi connectivity index (χ0n) is 23.8. The Bertz CT molecular complexity index is 1390. The highest BCUT2D eigenvalue weighted by Crippen LogP contribution is 2.46. The first-order valence-corrected chi connectivity index (χ1v) is 14.8. The normalized spacial score (nSPS) is 19.1. The van der Waals surface area contributed by atoms with Crippen LogP contribution in [0.25, 0.3) is 0 Å². The van der Waals surface area contributed by atoms with Crippen LogP contribution in [0.15, 0.2) is 71.7 Å². The molecule has 5 rings (SSSR count). The first-order valence-electron chi connectivity index (χ1n) is 14.1. The minimum absolute atomic E-state index is 0.00549. The third kappa shape index (κ3) is 6.64. The number of aliphatic imine (C=N–C) groups is 1. The number of urea groups is 1. The van der Waals surface area contributed by atoms with Crippen molar-refractivity contribution in [2.24, 2.45) is 4.99 Å². The Labute approximate surface area is 252 Å². The van der Waals surface area contributed by atoms with Crippen molar-refractivity contribution >= 4 is 35.1 Å². The van der Waals surface area contributed by atoms with E-state index in [0.29, 0.717) is 40.5 Å². The van der Waals surface area contributed by atoms with Crippen molar-refractivity contribution in [1.82, 2.24) is 15.1 Å². The second-order valence-corrected chi connectivity index (χ2v) is 11.7. The molecule has 0 bridgehead atoms. The van der Waals surface area contributed by atoms with Gasteiger partial charge in [0.05, 0.1) is 23.8 Å². The third-order valence-corrected chi connectivity index (χ3v) is 7.52. The molecule has 1 saturated heterocycles. The molecule has 2 aliphatic heterocycles. The van der Waals surface area contributed by atoms with Crippen LogP contribution >= 0.6 is 23.2 Å².